The molecule has 1 saturated carbocycles. The van der Waals surface area contributed by atoms with Crippen LogP contribution in [0.1, 0.15) is 37.3 Å². The zero-order valence-corrected chi connectivity index (χ0v) is 10.8. The Morgan fingerprint density at radius 2 is 2.19 bits per heavy atom. The van der Waals surface area contributed by atoms with Gasteiger partial charge in [0.2, 0.25) is 0 Å². The molecule has 1 aromatic rings. The van der Waals surface area contributed by atoms with Crippen molar-refractivity contribution in [2.24, 2.45) is 5.92 Å². The lowest BCUT2D eigenvalue weighted by Crippen LogP contribution is -2.30. The van der Waals surface area contributed by atoms with Crippen LogP contribution < -0.4 is 5.32 Å². The normalized spacial score (nSPS) is 24.9. The average Bonchev–Trinajstić information content (AvgIpc) is 2.66. The van der Waals surface area contributed by atoms with E-state index < -0.39 is 0 Å². The molecular weight excluding hydrogens is 218 g/mol. The van der Waals surface area contributed by atoms with Gasteiger partial charge in [0.1, 0.15) is 0 Å². The molecule has 1 aromatic carbocycles. The molecule has 2 rings (SSSR count). The summed E-state index contributed by atoms with van der Waals surface area (Å²) in [7, 11) is 0. The van der Waals surface area contributed by atoms with E-state index in [4.69, 9.17) is 11.6 Å². The Kier molecular flexibility index (Phi) is 3.88. The monoisotopic (exact) mass is 237 g/mol. The van der Waals surface area contributed by atoms with Gasteiger partial charge in [-0.3, -0.25) is 0 Å². The maximum Gasteiger partial charge on any atom is 0.0438 e. The van der Waals surface area contributed by atoms with Crippen LogP contribution in [0.2, 0.25) is 5.02 Å². The van der Waals surface area contributed by atoms with Crippen molar-refractivity contribution in [3.63, 3.8) is 0 Å². The first-order chi connectivity index (χ1) is 7.66. The highest BCUT2D eigenvalue weighted by Gasteiger charge is 2.22. The molecule has 0 heterocycles. The third-order valence-corrected chi connectivity index (χ3v) is 4.07. The number of hydrogen-bond donors (Lipinski definition) is 1. The van der Waals surface area contributed by atoms with Gasteiger partial charge in [0.15, 0.2) is 0 Å². The van der Waals surface area contributed by atoms with Gasteiger partial charge in [-0.25, -0.2) is 0 Å². The van der Waals surface area contributed by atoms with E-state index in [1.54, 1.807) is 0 Å². The summed E-state index contributed by atoms with van der Waals surface area (Å²) in [6, 6.07) is 7.02. The summed E-state index contributed by atoms with van der Waals surface area (Å²) in [5.74, 6) is 0.820. The van der Waals surface area contributed by atoms with Gasteiger partial charge in [-0.05, 0) is 42.9 Å². The number of hydrogen-bond acceptors (Lipinski definition) is 1. The summed E-state index contributed by atoms with van der Waals surface area (Å²) in [4.78, 5) is 0. The third-order valence-electron chi connectivity index (χ3n) is 3.67. The van der Waals surface area contributed by atoms with Gasteiger partial charge in [0, 0.05) is 17.6 Å². The summed E-state index contributed by atoms with van der Waals surface area (Å²) in [6.07, 6.45) is 4.06. The maximum absolute atomic E-state index is 6.11. The Labute approximate surface area is 103 Å². The van der Waals surface area contributed by atoms with E-state index in [1.807, 2.05) is 6.92 Å². The van der Waals surface area contributed by atoms with Gasteiger partial charge in [-0.15, -0.1) is 0 Å². The second kappa shape index (κ2) is 5.20. The molecule has 1 nitrogen and oxygen atoms in total. The van der Waals surface area contributed by atoms with Crippen LogP contribution in [0.25, 0.3) is 0 Å². The number of nitrogens with one attached hydrogen (secondary N) is 1. The summed E-state index contributed by atoms with van der Waals surface area (Å²) in [5, 5.41) is 4.51. The molecule has 1 aliphatic carbocycles. The number of benzene rings is 1. The summed E-state index contributed by atoms with van der Waals surface area (Å²) in [5.41, 5.74) is 2.44. The molecule has 2 heteroatoms. The van der Waals surface area contributed by atoms with Crippen molar-refractivity contribution in [1.82, 2.24) is 5.32 Å². The van der Waals surface area contributed by atoms with E-state index in [1.165, 1.54) is 24.8 Å². The molecule has 0 radical (unpaired) electrons. The van der Waals surface area contributed by atoms with Gasteiger partial charge < -0.3 is 5.32 Å². The molecule has 1 aliphatic rings. The molecule has 1 N–H and O–H groups in total. The van der Waals surface area contributed by atoms with Crippen molar-refractivity contribution in [1.29, 1.82) is 0 Å². The lowest BCUT2D eigenvalue weighted by atomic mass is 10.1. The molecule has 1 fully saturated rings. The van der Waals surface area contributed by atoms with Crippen molar-refractivity contribution >= 4 is 11.6 Å². The molecule has 0 saturated heterocycles. The highest BCUT2D eigenvalue weighted by Crippen LogP contribution is 2.25. The quantitative estimate of drug-likeness (QED) is 0.840. The highest BCUT2D eigenvalue weighted by atomic mass is 35.5. The first kappa shape index (κ1) is 11.9. The molecule has 88 valence electrons. The third kappa shape index (κ3) is 2.78. The van der Waals surface area contributed by atoms with Crippen LogP contribution in [-0.2, 0) is 6.54 Å². The van der Waals surface area contributed by atoms with Crippen LogP contribution in [0, 0.1) is 12.8 Å². The lowest BCUT2D eigenvalue weighted by molar-refractivity contribution is 0.426. The highest BCUT2D eigenvalue weighted by molar-refractivity contribution is 6.31. The minimum atomic E-state index is 0.695. The zero-order valence-electron chi connectivity index (χ0n) is 10.1. The molecule has 0 aromatic heterocycles. The topological polar surface area (TPSA) is 12.0 Å². The van der Waals surface area contributed by atoms with E-state index in [2.05, 4.69) is 30.4 Å². The molecule has 2 atom stereocenters. The Morgan fingerprint density at radius 3 is 2.81 bits per heavy atom. The number of halogens is 1. The van der Waals surface area contributed by atoms with Crippen LogP contribution in [0.4, 0.5) is 0 Å². The van der Waals surface area contributed by atoms with E-state index in [-0.39, 0.29) is 0 Å². The fourth-order valence-electron chi connectivity index (χ4n) is 2.44. The molecule has 16 heavy (non-hydrogen) atoms. The van der Waals surface area contributed by atoms with Crippen LogP contribution in [-0.4, -0.2) is 6.04 Å². The smallest absolute Gasteiger partial charge is 0.0438 e. The van der Waals surface area contributed by atoms with E-state index in [0.29, 0.717) is 6.04 Å². The van der Waals surface area contributed by atoms with Crippen molar-refractivity contribution in [3.05, 3.63) is 34.3 Å². The minimum absolute atomic E-state index is 0.695. The van der Waals surface area contributed by atoms with Gasteiger partial charge in [-0.1, -0.05) is 37.1 Å². The molecule has 2 unspecified atom stereocenters. The predicted octanol–water partition coefficient (Wildman–Crippen LogP) is 3.93. The summed E-state index contributed by atoms with van der Waals surface area (Å²) in [6.45, 7) is 5.32. The zero-order chi connectivity index (χ0) is 11.5. The largest absolute Gasteiger partial charge is 0.310 e. The summed E-state index contributed by atoms with van der Waals surface area (Å²) < 4.78 is 0. The molecule has 0 amide bonds. The summed E-state index contributed by atoms with van der Waals surface area (Å²) >= 11 is 6.11. The van der Waals surface area contributed by atoms with E-state index >= 15 is 0 Å². The SMILES string of the molecule is Cc1ccc(CNC2CCCC2C)cc1Cl. The van der Waals surface area contributed by atoms with Crippen LogP contribution in [0.15, 0.2) is 18.2 Å². The lowest BCUT2D eigenvalue weighted by Gasteiger charge is -2.17. The maximum atomic E-state index is 6.11. The molecule has 0 bridgehead atoms. The van der Waals surface area contributed by atoms with Crippen LogP contribution in [0.3, 0.4) is 0 Å². The van der Waals surface area contributed by atoms with Crippen molar-refractivity contribution in [2.45, 2.75) is 45.7 Å². The second-order valence-corrected chi connectivity index (χ2v) is 5.39. The van der Waals surface area contributed by atoms with Gasteiger partial charge >= 0.3 is 0 Å². The standard InChI is InChI=1S/C14H20ClN/c1-10-6-7-12(8-13(10)15)9-16-14-5-3-4-11(14)2/h6-8,11,14,16H,3-5,9H2,1-2H3. The minimum Gasteiger partial charge on any atom is -0.310 e. The fourth-order valence-corrected chi connectivity index (χ4v) is 2.65. The number of aryl methyl sites for hydroxylation is 1. The van der Waals surface area contributed by atoms with Crippen molar-refractivity contribution in [2.75, 3.05) is 0 Å². The molecule has 0 aliphatic heterocycles. The second-order valence-electron chi connectivity index (χ2n) is 4.98. The Balaban J connectivity index is 1.91. The number of rotatable bonds is 3. The van der Waals surface area contributed by atoms with Crippen LogP contribution >= 0.6 is 11.6 Å². The van der Waals surface area contributed by atoms with E-state index in [9.17, 15) is 0 Å². The van der Waals surface area contributed by atoms with Crippen LogP contribution in [0.5, 0.6) is 0 Å². The Hall–Kier alpha value is -0.530. The molecular formula is C14H20ClN. The Morgan fingerprint density at radius 1 is 1.38 bits per heavy atom. The van der Waals surface area contributed by atoms with Crippen molar-refractivity contribution in [3.8, 4) is 0 Å². The van der Waals surface area contributed by atoms with E-state index in [0.717, 1.165) is 23.0 Å². The van der Waals surface area contributed by atoms with Crippen molar-refractivity contribution < 1.29 is 0 Å². The first-order valence-corrected chi connectivity index (χ1v) is 6.53. The van der Waals surface area contributed by atoms with Gasteiger partial charge in [0.05, 0.1) is 0 Å². The van der Waals surface area contributed by atoms with Gasteiger partial charge in [-0.2, -0.15) is 0 Å². The fraction of sp³-hybridized carbons (Fsp3) is 0.571. The predicted molar refractivity (Wildman–Crippen MR) is 69.8 cm³/mol. The van der Waals surface area contributed by atoms with Gasteiger partial charge in [0.25, 0.3) is 0 Å². The average molecular weight is 238 g/mol. The first-order valence-electron chi connectivity index (χ1n) is 6.15. The molecule has 0 spiro atoms. The Bertz CT molecular complexity index is 362.